The summed E-state index contributed by atoms with van der Waals surface area (Å²) >= 11 is 1.75. The summed E-state index contributed by atoms with van der Waals surface area (Å²) in [7, 11) is 1.70. The Morgan fingerprint density at radius 3 is 2.94 bits per heavy atom. The van der Waals surface area contributed by atoms with Gasteiger partial charge in [0.15, 0.2) is 0 Å². The van der Waals surface area contributed by atoms with Crippen LogP contribution in [0.5, 0.6) is 0 Å². The molecule has 1 fully saturated rings. The van der Waals surface area contributed by atoms with Crippen molar-refractivity contribution < 1.29 is 4.74 Å². The molecule has 1 aliphatic rings. The van der Waals surface area contributed by atoms with E-state index in [1.165, 1.54) is 11.4 Å². The molecule has 0 radical (unpaired) electrons. The highest BCUT2D eigenvalue weighted by Gasteiger charge is 2.48. The lowest BCUT2D eigenvalue weighted by Gasteiger charge is -2.07. The maximum atomic E-state index is 6.05. The standard InChI is InChI=1S/C12H20N2OS/c1-12(2)6-8(12)11-14-10(7-16-11)9(13)4-5-15-3/h7-9H,4-6,13H2,1-3H3. The van der Waals surface area contributed by atoms with Crippen LogP contribution in [0.25, 0.3) is 0 Å². The Balaban J connectivity index is 1.97. The number of nitrogens with two attached hydrogens (primary N) is 1. The molecule has 0 saturated heterocycles. The van der Waals surface area contributed by atoms with E-state index in [0.717, 1.165) is 12.1 Å². The van der Waals surface area contributed by atoms with Gasteiger partial charge in [-0.25, -0.2) is 4.98 Å². The molecule has 1 saturated carbocycles. The molecule has 1 aliphatic carbocycles. The fourth-order valence-electron chi connectivity index (χ4n) is 1.91. The van der Waals surface area contributed by atoms with Gasteiger partial charge in [-0.3, -0.25) is 0 Å². The summed E-state index contributed by atoms with van der Waals surface area (Å²) in [5, 5.41) is 3.36. The number of methoxy groups -OCH3 is 1. The first-order chi connectivity index (χ1) is 7.54. The van der Waals surface area contributed by atoms with Crippen molar-refractivity contribution in [1.82, 2.24) is 4.98 Å². The monoisotopic (exact) mass is 240 g/mol. The minimum Gasteiger partial charge on any atom is -0.385 e. The van der Waals surface area contributed by atoms with Crippen molar-refractivity contribution in [3.8, 4) is 0 Å². The lowest BCUT2D eigenvalue weighted by molar-refractivity contribution is 0.187. The Bertz CT molecular complexity index is 362. The van der Waals surface area contributed by atoms with Crippen LogP contribution >= 0.6 is 11.3 Å². The van der Waals surface area contributed by atoms with Crippen molar-refractivity contribution in [2.75, 3.05) is 13.7 Å². The smallest absolute Gasteiger partial charge is 0.0965 e. The fourth-order valence-corrected chi connectivity index (χ4v) is 3.11. The normalized spacial score (nSPS) is 24.4. The fraction of sp³-hybridized carbons (Fsp3) is 0.750. The van der Waals surface area contributed by atoms with E-state index in [4.69, 9.17) is 10.5 Å². The number of aromatic nitrogens is 1. The van der Waals surface area contributed by atoms with E-state index in [2.05, 4.69) is 24.2 Å². The Labute approximate surface area is 101 Å². The van der Waals surface area contributed by atoms with E-state index in [1.807, 2.05) is 0 Å². The summed E-state index contributed by atoms with van der Waals surface area (Å²) < 4.78 is 5.03. The number of thiazole rings is 1. The molecule has 2 N–H and O–H groups in total. The lowest BCUT2D eigenvalue weighted by Crippen LogP contribution is -2.13. The molecule has 4 heteroatoms. The summed E-state index contributed by atoms with van der Waals surface area (Å²) in [5.41, 5.74) is 7.52. The lowest BCUT2D eigenvalue weighted by atomic mass is 10.1. The van der Waals surface area contributed by atoms with Crippen LogP contribution in [0.2, 0.25) is 0 Å². The van der Waals surface area contributed by atoms with Crippen molar-refractivity contribution in [2.24, 2.45) is 11.1 Å². The maximum Gasteiger partial charge on any atom is 0.0965 e. The summed E-state index contributed by atoms with van der Waals surface area (Å²) in [6, 6.07) is 0.0202. The minimum absolute atomic E-state index is 0.0202. The Kier molecular flexibility index (Phi) is 3.33. The van der Waals surface area contributed by atoms with E-state index >= 15 is 0 Å². The summed E-state index contributed by atoms with van der Waals surface area (Å²) in [6.07, 6.45) is 2.10. The predicted molar refractivity (Wildman–Crippen MR) is 66.7 cm³/mol. The average molecular weight is 240 g/mol. The Morgan fingerprint density at radius 2 is 2.38 bits per heavy atom. The van der Waals surface area contributed by atoms with E-state index in [9.17, 15) is 0 Å². The SMILES string of the molecule is COCCC(N)c1csc(C2CC2(C)C)n1. The van der Waals surface area contributed by atoms with Gasteiger partial charge in [-0.1, -0.05) is 13.8 Å². The largest absolute Gasteiger partial charge is 0.385 e. The summed E-state index contributed by atoms with van der Waals surface area (Å²) in [5.74, 6) is 0.654. The minimum atomic E-state index is 0.0202. The molecular formula is C12H20N2OS. The third kappa shape index (κ3) is 2.44. The van der Waals surface area contributed by atoms with Gasteiger partial charge in [0.1, 0.15) is 0 Å². The molecule has 2 rings (SSSR count). The number of rotatable bonds is 5. The van der Waals surface area contributed by atoms with Gasteiger partial charge >= 0.3 is 0 Å². The van der Waals surface area contributed by atoms with Gasteiger partial charge in [0.2, 0.25) is 0 Å². The average Bonchev–Trinajstić information content (AvgIpc) is 2.67. The molecule has 3 nitrogen and oxygen atoms in total. The van der Waals surface area contributed by atoms with Gasteiger partial charge in [-0.2, -0.15) is 0 Å². The summed E-state index contributed by atoms with van der Waals surface area (Å²) in [4.78, 5) is 4.66. The number of hydrogen-bond acceptors (Lipinski definition) is 4. The van der Waals surface area contributed by atoms with E-state index < -0.39 is 0 Å². The van der Waals surface area contributed by atoms with Gasteiger partial charge in [0.25, 0.3) is 0 Å². The van der Waals surface area contributed by atoms with Crippen LogP contribution in [0.1, 0.15) is 49.4 Å². The first-order valence-corrected chi connectivity index (χ1v) is 6.62. The molecule has 1 aromatic rings. The van der Waals surface area contributed by atoms with Gasteiger partial charge in [-0.15, -0.1) is 11.3 Å². The topological polar surface area (TPSA) is 48.1 Å². The van der Waals surface area contributed by atoms with Crippen LogP contribution in [0.4, 0.5) is 0 Å². The highest BCUT2D eigenvalue weighted by molar-refractivity contribution is 7.09. The van der Waals surface area contributed by atoms with Crippen LogP contribution < -0.4 is 5.73 Å². The van der Waals surface area contributed by atoms with Crippen molar-refractivity contribution >= 4 is 11.3 Å². The molecule has 0 spiro atoms. The van der Waals surface area contributed by atoms with Crippen molar-refractivity contribution in [1.29, 1.82) is 0 Å². The number of ether oxygens (including phenoxy) is 1. The molecule has 0 bridgehead atoms. The molecule has 2 atom stereocenters. The second-order valence-corrected chi connectivity index (χ2v) is 6.13. The van der Waals surface area contributed by atoms with E-state index in [-0.39, 0.29) is 6.04 Å². The zero-order valence-corrected chi connectivity index (χ0v) is 11.0. The van der Waals surface area contributed by atoms with Gasteiger partial charge in [0, 0.05) is 25.0 Å². The molecule has 1 heterocycles. The molecule has 16 heavy (non-hydrogen) atoms. The zero-order valence-electron chi connectivity index (χ0n) is 10.2. The summed E-state index contributed by atoms with van der Waals surface area (Å²) in [6.45, 7) is 5.29. The van der Waals surface area contributed by atoms with Gasteiger partial charge < -0.3 is 10.5 Å². The zero-order chi connectivity index (χ0) is 11.8. The Hall–Kier alpha value is -0.450. The number of nitrogens with zero attached hydrogens (tertiary/aromatic N) is 1. The van der Waals surface area contributed by atoms with Crippen molar-refractivity contribution in [2.45, 2.75) is 38.6 Å². The van der Waals surface area contributed by atoms with Crippen LogP contribution in [0.15, 0.2) is 5.38 Å². The quantitative estimate of drug-likeness (QED) is 0.861. The van der Waals surface area contributed by atoms with Crippen molar-refractivity contribution in [3.63, 3.8) is 0 Å². The highest BCUT2D eigenvalue weighted by atomic mass is 32.1. The maximum absolute atomic E-state index is 6.05. The number of hydrogen-bond donors (Lipinski definition) is 1. The van der Waals surface area contributed by atoms with Gasteiger partial charge in [-0.05, 0) is 18.3 Å². The highest BCUT2D eigenvalue weighted by Crippen LogP contribution is 2.59. The molecule has 0 amide bonds. The van der Waals surface area contributed by atoms with Crippen LogP contribution in [0, 0.1) is 5.41 Å². The van der Waals surface area contributed by atoms with E-state index in [0.29, 0.717) is 17.9 Å². The predicted octanol–water partition coefficient (Wildman–Crippen LogP) is 2.69. The Morgan fingerprint density at radius 1 is 1.69 bits per heavy atom. The molecule has 0 aromatic carbocycles. The molecule has 90 valence electrons. The van der Waals surface area contributed by atoms with Gasteiger partial charge in [0.05, 0.1) is 16.7 Å². The molecule has 1 aromatic heterocycles. The van der Waals surface area contributed by atoms with Crippen LogP contribution in [-0.2, 0) is 4.74 Å². The third-order valence-electron chi connectivity index (χ3n) is 3.36. The van der Waals surface area contributed by atoms with Crippen LogP contribution in [-0.4, -0.2) is 18.7 Å². The second kappa shape index (κ2) is 4.43. The molecule has 2 unspecified atom stereocenters. The molecular weight excluding hydrogens is 220 g/mol. The first-order valence-electron chi connectivity index (χ1n) is 5.74. The molecule has 0 aliphatic heterocycles. The third-order valence-corrected chi connectivity index (χ3v) is 4.34. The first kappa shape index (κ1) is 12.0. The van der Waals surface area contributed by atoms with Crippen LogP contribution in [0.3, 0.4) is 0 Å². The van der Waals surface area contributed by atoms with E-state index in [1.54, 1.807) is 18.4 Å². The van der Waals surface area contributed by atoms with Crippen molar-refractivity contribution in [3.05, 3.63) is 16.1 Å². The second-order valence-electron chi connectivity index (χ2n) is 5.24.